The Morgan fingerprint density at radius 2 is 1.29 bits per heavy atom. The van der Waals surface area contributed by atoms with Crippen LogP contribution >= 0.6 is 27.3 Å². The highest BCUT2D eigenvalue weighted by molar-refractivity contribution is 9.11. The highest BCUT2D eigenvalue weighted by atomic mass is 79.9. The molecule has 0 amide bonds. The molecule has 5 heteroatoms. The van der Waals surface area contributed by atoms with Gasteiger partial charge in [0.1, 0.15) is 0 Å². The van der Waals surface area contributed by atoms with Crippen molar-refractivity contribution >= 4 is 70.1 Å². The van der Waals surface area contributed by atoms with Gasteiger partial charge in [-0.3, -0.25) is 0 Å². The molecule has 2 aromatic heterocycles. The van der Waals surface area contributed by atoms with E-state index in [0.29, 0.717) is 5.65 Å². The third-order valence-electron chi connectivity index (χ3n) is 5.14. The molecule has 0 radical (unpaired) electrons. The lowest BCUT2D eigenvalue weighted by Crippen LogP contribution is -1.88. The SMILES string of the molecule is Brc1nc2nc(-c3ccc4c5ccccc5c5ccccc5c4c3)cnc2s1. The average Bonchev–Trinajstić information content (AvgIpc) is 3.13. The summed E-state index contributed by atoms with van der Waals surface area (Å²) in [5, 5.41) is 7.56. The summed E-state index contributed by atoms with van der Waals surface area (Å²) in [6, 6.07) is 23.7. The summed E-state index contributed by atoms with van der Waals surface area (Å²) in [4.78, 5) is 14.5. The van der Waals surface area contributed by atoms with Crippen molar-refractivity contribution in [1.29, 1.82) is 0 Å². The number of halogens is 1. The Hall–Kier alpha value is -2.89. The van der Waals surface area contributed by atoms with Crippen molar-refractivity contribution in [2.45, 2.75) is 0 Å². The van der Waals surface area contributed by atoms with E-state index in [2.05, 4.69) is 92.6 Å². The molecule has 0 bridgehead atoms. The predicted molar refractivity (Wildman–Crippen MR) is 121 cm³/mol. The lowest BCUT2D eigenvalue weighted by molar-refractivity contribution is 1.26. The summed E-state index contributed by atoms with van der Waals surface area (Å²) in [5.41, 5.74) is 2.56. The van der Waals surface area contributed by atoms with Crippen molar-refractivity contribution in [3.63, 3.8) is 0 Å². The maximum atomic E-state index is 4.72. The third kappa shape index (κ3) is 2.37. The minimum atomic E-state index is 0.679. The van der Waals surface area contributed by atoms with Crippen LogP contribution in [0.5, 0.6) is 0 Å². The third-order valence-corrected chi connectivity index (χ3v) is 6.54. The van der Waals surface area contributed by atoms with Crippen LogP contribution in [0.3, 0.4) is 0 Å². The molecule has 0 spiro atoms. The second-order valence-corrected chi connectivity index (χ2v) is 8.96. The molecule has 3 nitrogen and oxygen atoms in total. The van der Waals surface area contributed by atoms with Crippen LogP contribution in [-0.2, 0) is 0 Å². The lowest BCUT2D eigenvalue weighted by atomic mass is 9.93. The molecule has 2 heterocycles. The standard InChI is InChI=1S/C23H12BrN3S/c24-23-27-21-22(28-23)25-12-20(26-21)13-9-10-18-16-7-2-1-5-14(16)15-6-3-4-8-17(15)19(18)11-13/h1-12H. The van der Waals surface area contributed by atoms with Gasteiger partial charge in [-0.2, -0.15) is 0 Å². The van der Waals surface area contributed by atoms with Crippen LogP contribution < -0.4 is 0 Å². The monoisotopic (exact) mass is 441 g/mol. The Morgan fingerprint density at radius 1 is 0.679 bits per heavy atom. The molecule has 4 aromatic carbocycles. The van der Waals surface area contributed by atoms with E-state index in [1.807, 2.05) is 6.20 Å². The van der Waals surface area contributed by atoms with E-state index < -0.39 is 0 Å². The van der Waals surface area contributed by atoms with Crippen molar-refractivity contribution < 1.29 is 0 Å². The van der Waals surface area contributed by atoms with Gasteiger partial charge in [0.25, 0.3) is 0 Å². The zero-order valence-corrected chi connectivity index (χ0v) is 17.0. The molecule has 0 aliphatic carbocycles. The molecule has 0 saturated heterocycles. The first-order chi connectivity index (χ1) is 13.8. The van der Waals surface area contributed by atoms with E-state index in [4.69, 9.17) is 4.98 Å². The summed E-state index contributed by atoms with van der Waals surface area (Å²) in [5.74, 6) is 0. The summed E-state index contributed by atoms with van der Waals surface area (Å²) in [6.45, 7) is 0. The molecule has 0 aliphatic heterocycles. The second-order valence-electron chi connectivity index (χ2n) is 6.70. The number of benzene rings is 4. The van der Waals surface area contributed by atoms with Gasteiger partial charge in [0.15, 0.2) is 14.4 Å². The van der Waals surface area contributed by atoms with Crippen molar-refractivity contribution in [2.75, 3.05) is 0 Å². The van der Waals surface area contributed by atoms with Gasteiger partial charge in [0, 0.05) is 5.56 Å². The smallest absolute Gasteiger partial charge is 0.191 e. The fraction of sp³-hybridized carbons (Fsp3) is 0. The van der Waals surface area contributed by atoms with E-state index in [9.17, 15) is 0 Å². The van der Waals surface area contributed by atoms with Gasteiger partial charge >= 0.3 is 0 Å². The van der Waals surface area contributed by atoms with E-state index in [-0.39, 0.29) is 0 Å². The van der Waals surface area contributed by atoms with Crippen LogP contribution in [0.1, 0.15) is 0 Å². The first-order valence-corrected chi connectivity index (χ1v) is 10.5. The molecule has 0 fully saturated rings. The zero-order valence-electron chi connectivity index (χ0n) is 14.6. The van der Waals surface area contributed by atoms with E-state index in [1.54, 1.807) is 0 Å². The minimum absolute atomic E-state index is 0.679. The molecule has 0 atom stereocenters. The largest absolute Gasteiger partial charge is 0.240 e. The molecule has 0 N–H and O–H groups in total. The molecular weight excluding hydrogens is 430 g/mol. The summed E-state index contributed by atoms with van der Waals surface area (Å²) in [7, 11) is 0. The molecule has 6 aromatic rings. The first-order valence-electron chi connectivity index (χ1n) is 8.90. The average molecular weight is 442 g/mol. The topological polar surface area (TPSA) is 38.7 Å². The van der Waals surface area contributed by atoms with Crippen LogP contribution in [0.2, 0.25) is 0 Å². The highest BCUT2D eigenvalue weighted by Crippen LogP contribution is 2.37. The van der Waals surface area contributed by atoms with Gasteiger partial charge in [-0.1, -0.05) is 72.0 Å². The Kier molecular flexibility index (Phi) is 3.48. The highest BCUT2D eigenvalue weighted by Gasteiger charge is 2.11. The number of thiazole rings is 1. The van der Waals surface area contributed by atoms with Crippen molar-refractivity contribution in [1.82, 2.24) is 15.0 Å². The number of hydrogen-bond donors (Lipinski definition) is 0. The van der Waals surface area contributed by atoms with Gasteiger partial charge < -0.3 is 0 Å². The van der Waals surface area contributed by atoms with Gasteiger partial charge in [-0.15, -0.1) is 0 Å². The van der Waals surface area contributed by atoms with Crippen molar-refractivity contribution in [3.05, 3.63) is 76.8 Å². The predicted octanol–water partition coefficient (Wildman–Crippen LogP) is 6.98. The Labute approximate surface area is 172 Å². The Balaban J connectivity index is 1.69. The first kappa shape index (κ1) is 16.1. The van der Waals surface area contributed by atoms with Gasteiger partial charge in [-0.25, -0.2) is 15.0 Å². The number of nitrogens with zero attached hydrogens (tertiary/aromatic N) is 3. The normalized spacial score (nSPS) is 11.8. The van der Waals surface area contributed by atoms with E-state index >= 15 is 0 Å². The second kappa shape index (κ2) is 6.06. The summed E-state index contributed by atoms with van der Waals surface area (Å²) >= 11 is 4.91. The van der Waals surface area contributed by atoms with Crippen LogP contribution in [0.15, 0.2) is 76.8 Å². The molecular formula is C23H12BrN3S. The van der Waals surface area contributed by atoms with Crippen LogP contribution in [0, 0.1) is 0 Å². The number of rotatable bonds is 1. The Bertz CT molecular complexity index is 1500. The number of aromatic nitrogens is 3. The van der Waals surface area contributed by atoms with Crippen LogP contribution in [-0.4, -0.2) is 15.0 Å². The summed E-state index contributed by atoms with van der Waals surface area (Å²) in [6.07, 6.45) is 1.83. The van der Waals surface area contributed by atoms with Crippen LogP contribution in [0.25, 0.3) is 54.1 Å². The number of fused-ring (bicyclic) bond motifs is 7. The van der Waals surface area contributed by atoms with Gasteiger partial charge in [0.05, 0.1) is 11.9 Å². The van der Waals surface area contributed by atoms with E-state index in [0.717, 1.165) is 20.0 Å². The summed E-state index contributed by atoms with van der Waals surface area (Å²) < 4.78 is 0.802. The number of hydrogen-bond acceptors (Lipinski definition) is 4. The Morgan fingerprint density at radius 3 is 1.96 bits per heavy atom. The lowest BCUT2D eigenvalue weighted by Gasteiger charge is -2.11. The quantitative estimate of drug-likeness (QED) is 0.258. The van der Waals surface area contributed by atoms with Crippen LogP contribution in [0.4, 0.5) is 0 Å². The zero-order chi connectivity index (χ0) is 18.7. The van der Waals surface area contributed by atoms with Crippen molar-refractivity contribution in [2.24, 2.45) is 0 Å². The van der Waals surface area contributed by atoms with Gasteiger partial charge in [0.2, 0.25) is 0 Å². The van der Waals surface area contributed by atoms with E-state index in [1.165, 1.54) is 43.7 Å². The molecule has 6 rings (SSSR count). The van der Waals surface area contributed by atoms with Gasteiger partial charge in [-0.05, 0) is 54.3 Å². The maximum absolute atomic E-state index is 4.72. The molecule has 0 unspecified atom stereocenters. The maximum Gasteiger partial charge on any atom is 0.191 e. The molecule has 0 aliphatic rings. The van der Waals surface area contributed by atoms with Crippen molar-refractivity contribution in [3.8, 4) is 11.3 Å². The fourth-order valence-electron chi connectivity index (χ4n) is 3.91. The minimum Gasteiger partial charge on any atom is -0.240 e. The molecule has 28 heavy (non-hydrogen) atoms. The molecule has 0 saturated carbocycles. The fourth-order valence-corrected chi connectivity index (χ4v) is 5.11. The molecule has 132 valence electrons.